The number of rotatable bonds is 9. The smallest absolute Gasteiger partial charge is 0.221 e. The molecule has 0 heterocycles. The molecule has 0 fully saturated rings. The molecule has 23 heavy (non-hydrogen) atoms. The second kappa shape index (κ2) is 9.87. The first-order valence-electron chi connectivity index (χ1n) is 8.07. The molecule has 1 aromatic carbocycles. The number of hydrogen-bond donors (Lipinski definition) is 1. The van der Waals surface area contributed by atoms with Crippen LogP contribution in [0.5, 0.6) is 5.75 Å². The second-order valence-electron chi connectivity index (χ2n) is 6.06. The maximum Gasteiger partial charge on any atom is 0.221 e. The summed E-state index contributed by atoms with van der Waals surface area (Å²) in [6.07, 6.45) is 1.09. The summed E-state index contributed by atoms with van der Waals surface area (Å²) in [4.78, 5) is 25.2. The van der Waals surface area contributed by atoms with Gasteiger partial charge < -0.3 is 15.0 Å². The van der Waals surface area contributed by atoms with E-state index in [1.165, 1.54) is 0 Å². The minimum atomic E-state index is -0.0251. The van der Waals surface area contributed by atoms with Gasteiger partial charge in [0.2, 0.25) is 11.8 Å². The average molecular weight is 320 g/mol. The molecule has 5 nitrogen and oxygen atoms in total. The fourth-order valence-corrected chi connectivity index (χ4v) is 2.32. The molecule has 0 spiro atoms. The van der Waals surface area contributed by atoms with E-state index in [4.69, 9.17) is 4.74 Å². The van der Waals surface area contributed by atoms with Gasteiger partial charge >= 0.3 is 0 Å². The van der Waals surface area contributed by atoms with E-state index in [0.29, 0.717) is 32.0 Å². The molecule has 0 aromatic heterocycles. The van der Waals surface area contributed by atoms with Crippen LogP contribution in [-0.2, 0) is 16.0 Å². The maximum atomic E-state index is 11.9. The van der Waals surface area contributed by atoms with E-state index in [1.54, 1.807) is 18.9 Å². The summed E-state index contributed by atoms with van der Waals surface area (Å²) in [7, 11) is 1.64. The highest BCUT2D eigenvalue weighted by molar-refractivity contribution is 5.78. The van der Waals surface area contributed by atoms with Gasteiger partial charge in [-0.2, -0.15) is 0 Å². The first kappa shape index (κ1) is 19.0. The van der Waals surface area contributed by atoms with Crippen LogP contribution in [0.3, 0.4) is 0 Å². The number of amides is 2. The van der Waals surface area contributed by atoms with Crippen molar-refractivity contribution in [1.29, 1.82) is 0 Å². The van der Waals surface area contributed by atoms with Gasteiger partial charge in [0.25, 0.3) is 0 Å². The zero-order valence-electron chi connectivity index (χ0n) is 14.6. The first-order chi connectivity index (χ1) is 10.9. The molecule has 0 unspecified atom stereocenters. The average Bonchev–Trinajstić information content (AvgIpc) is 2.51. The van der Waals surface area contributed by atoms with Crippen LogP contribution < -0.4 is 10.1 Å². The molecule has 0 aliphatic heterocycles. The molecule has 1 aromatic rings. The van der Waals surface area contributed by atoms with Gasteiger partial charge in [-0.1, -0.05) is 26.0 Å². The predicted molar refractivity (Wildman–Crippen MR) is 91.4 cm³/mol. The summed E-state index contributed by atoms with van der Waals surface area (Å²) in [5, 5.41) is 2.90. The summed E-state index contributed by atoms with van der Waals surface area (Å²) in [5.74, 6) is 1.21. The topological polar surface area (TPSA) is 58.6 Å². The highest BCUT2D eigenvalue weighted by Crippen LogP contribution is 2.12. The molecule has 0 saturated heterocycles. The Morgan fingerprint density at radius 1 is 1.30 bits per heavy atom. The summed E-state index contributed by atoms with van der Waals surface area (Å²) in [6.45, 7) is 7.40. The first-order valence-corrected chi connectivity index (χ1v) is 8.07. The predicted octanol–water partition coefficient (Wildman–Crippen LogP) is 2.25. The number of methoxy groups -OCH3 is 1. The van der Waals surface area contributed by atoms with Gasteiger partial charge in [-0.25, -0.2) is 0 Å². The van der Waals surface area contributed by atoms with Crippen molar-refractivity contribution in [3.63, 3.8) is 0 Å². The number of nitrogens with zero attached hydrogens (tertiary/aromatic N) is 1. The summed E-state index contributed by atoms with van der Waals surface area (Å²) < 4.78 is 5.18. The fraction of sp³-hybridized carbons (Fsp3) is 0.556. The second-order valence-corrected chi connectivity index (χ2v) is 6.06. The highest BCUT2D eigenvalue weighted by Gasteiger charge is 2.12. The molecule has 0 saturated carbocycles. The lowest BCUT2D eigenvalue weighted by Crippen LogP contribution is -2.36. The zero-order valence-corrected chi connectivity index (χ0v) is 14.6. The minimum Gasteiger partial charge on any atom is -0.497 e. The standard InChI is InChI=1S/C18H28N2O3/c1-14(2)13-20(15(3)21)11-9-18(22)19-10-8-16-6-5-7-17(12-16)23-4/h5-7,12,14H,8-11,13H2,1-4H3,(H,19,22). The molecule has 1 N–H and O–H groups in total. The van der Waals surface area contributed by atoms with Crippen molar-refractivity contribution >= 4 is 11.8 Å². The Balaban J connectivity index is 2.32. The van der Waals surface area contributed by atoms with E-state index in [0.717, 1.165) is 17.7 Å². The molecule has 128 valence electrons. The van der Waals surface area contributed by atoms with Crippen molar-refractivity contribution in [2.24, 2.45) is 5.92 Å². The Bertz CT molecular complexity index is 515. The number of ether oxygens (including phenoxy) is 1. The normalized spacial score (nSPS) is 10.5. The van der Waals surface area contributed by atoms with Crippen LogP contribution in [-0.4, -0.2) is 43.5 Å². The lowest BCUT2D eigenvalue weighted by atomic mass is 10.1. The Kier molecular flexibility index (Phi) is 8.16. The number of benzene rings is 1. The lowest BCUT2D eigenvalue weighted by molar-refractivity contribution is -0.130. The number of carbonyl (C=O) groups excluding carboxylic acids is 2. The molecule has 2 amide bonds. The Hall–Kier alpha value is -2.04. The van der Waals surface area contributed by atoms with E-state index < -0.39 is 0 Å². The third kappa shape index (κ3) is 7.68. The van der Waals surface area contributed by atoms with Crippen molar-refractivity contribution < 1.29 is 14.3 Å². The van der Waals surface area contributed by atoms with E-state index in [2.05, 4.69) is 19.2 Å². The van der Waals surface area contributed by atoms with Gasteiger partial charge in [0.05, 0.1) is 7.11 Å². The minimum absolute atomic E-state index is 0.0166. The van der Waals surface area contributed by atoms with Gasteiger partial charge in [0, 0.05) is 33.0 Å². The molecular weight excluding hydrogens is 292 g/mol. The van der Waals surface area contributed by atoms with E-state index in [1.807, 2.05) is 24.3 Å². The molecule has 0 aliphatic carbocycles. The summed E-state index contributed by atoms with van der Waals surface area (Å²) in [5.41, 5.74) is 1.12. The maximum absolute atomic E-state index is 11.9. The molecule has 1 rings (SSSR count). The fourth-order valence-electron chi connectivity index (χ4n) is 2.32. The van der Waals surface area contributed by atoms with Crippen molar-refractivity contribution in [1.82, 2.24) is 10.2 Å². The van der Waals surface area contributed by atoms with Gasteiger partial charge in [0.1, 0.15) is 5.75 Å². The van der Waals surface area contributed by atoms with Crippen LogP contribution in [0.15, 0.2) is 24.3 Å². The van der Waals surface area contributed by atoms with Crippen molar-refractivity contribution in [2.75, 3.05) is 26.7 Å². The molecule has 0 aliphatic rings. The molecule has 5 heteroatoms. The number of hydrogen-bond acceptors (Lipinski definition) is 3. The number of carbonyl (C=O) groups is 2. The Morgan fingerprint density at radius 2 is 2.04 bits per heavy atom. The Morgan fingerprint density at radius 3 is 2.65 bits per heavy atom. The Labute approximate surface area is 139 Å². The van der Waals surface area contributed by atoms with Crippen LogP contribution in [0.25, 0.3) is 0 Å². The van der Waals surface area contributed by atoms with Gasteiger partial charge in [-0.05, 0) is 30.0 Å². The van der Waals surface area contributed by atoms with Crippen LogP contribution in [0.4, 0.5) is 0 Å². The molecular formula is C18H28N2O3. The van der Waals surface area contributed by atoms with E-state index in [9.17, 15) is 9.59 Å². The van der Waals surface area contributed by atoms with Crippen molar-refractivity contribution in [3.05, 3.63) is 29.8 Å². The van der Waals surface area contributed by atoms with Gasteiger partial charge in [-0.15, -0.1) is 0 Å². The van der Waals surface area contributed by atoms with Crippen LogP contribution >= 0.6 is 0 Å². The van der Waals surface area contributed by atoms with Crippen molar-refractivity contribution in [2.45, 2.75) is 33.6 Å². The third-order valence-corrected chi connectivity index (χ3v) is 3.51. The lowest BCUT2D eigenvalue weighted by Gasteiger charge is -2.22. The van der Waals surface area contributed by atoms with Crippen LogP contribution in [0, 0.1) is 5.92 Å². The summed E-state index contributed by atoms with van der Waals surface area (Å²) >= 11 is 0. The van der Waals surface area contributed by atoms with Crippen LogP contribution in [0.2, 0.25) is 0 Å². The number of nitrogens with one attached hydrogen (secondary N) is 1. The van der Waals surface area contributed by atoms with Crippen LogP contribution in [0.1, 0.15) is 32.8 Å². The molecule has 0 atom stereocenters. The van der Waals surface area contributed by atoms with E-state index >= 15 is 0 Å². The largest absolute Gasteiger partial charge is 0.497 e. The summed E-state index contributed by atoms with van der Waals surface area (Å²) in [6, 6.07) is 7.81. The van der Waals surface area contributed by atoms with Crippen molar-refractivity contribution in [3.8, 4) is 5.75 Å². The molecule has 0 radical (unpaired) electrons. The van der Waals surface area contributed by atoms with Gasteiger partial charge in [0.15, 0.2) is 0 Å². The highest BCUT2D eigenvalue weighted by atomic mass is 16.5. The quantitative estimate of drug-likeness (QED) is 0.759. The molecule has 0 bridgehead atoms. The van der Waals surface area contributed by atoms with E-state index in [-0.39, 0.29) is 11.8 Å². The van der Waals surface area contributed by atoms with Gasteiger partial charge in [-0.3, -0.25) is 9.59 Å². The SMILES string of the molecule is COc1cccc(CCNC(=O)CCN(CC(C)C)C(C)=O)c1. The zero-order chi connectivity index (χ0) is 17.2. The third-order valence-electron chi connectivity index (χ3n) is 3.51. The monoisotopic (exact) mass is 320 g/mol.